The molecule has 49 heavy (non-hydrogen) atoms. The summed E-state index contributed by atoms with van der Waals surface area (Å²) in [4.78, 5) is 21.8. The molecule has 0 spiro atoms. The number of nitrogens with one attached hydrogen (secondary N) is 1. The van der Waals surface area contributed by atoms with Crippen LogP contribution in [0.2, 0.25) is 0 Å². The second kappa shape index (κ2) is 43.4. The van der Waals surface area contributed by atoms with Crippen molar-refractivity contribution in [3.8, 4) is 0 Å². The fourth-order valence-corrected chi connectivity index (χ4v) is 4.20. The first kappa shape index (κ1) is 48.2. The number of carboxylic acids is 1. The molecular formula is C33H64INO14. The van der Waals surface area contributed by atoms with E-state index in [9.17, 15) is 9.59 Å². The van der Waals surface area contributed by atoms with Gasteiger partial charge in [-0.3, -0.25) is 9.59 Å². The fraction of sp³-hybridized carbons (Fsp3) is 0.939. The zero-order valence-electron chi connectivity index (χ0n) is 29.6. The Morgan fingerprint density at radius 1 is 0.388 bits per heavy atom. The lowest BCUT2D eigenvalue weighted by atomic mass is 10.2. The first-order chi connectivity index (χ1) is 24.2. The van der Waals surface area contributed by atoms with Gasteiger partial charge in [0, 0.05) is 26.2 Å². The topological polar surface area (TPSA) is 168 Å². The monoisotopic (exact) mass is 825 g/mol. The van der Waals surface area contributed by atoms with Gasteiger partial charge in [0.25, 0.3) is 0 Å². The number of ether oxygens (including phenoxy) is 11. The minimum atomic E-state index is -0.981. The standard InChI is InChI=1S/C33H64INO14/c34-8-3-1-2-4-10-39-12-14-41-16-18-43-20-22-45-24-26-47-28-30-49-31-29-48-27-25-46-23-21-44-19-17-42-15-13-40-11-5-9-35-32(36)6-7-33(37)38/h1-31H2,(H,35,36)(H,37,38). The van der Waals surface area contributed by atoms with E-state index in [1.54, 1.807) is 0 Å². The van der Waals surface area contributed by atoms with E-state index in [0.29, 0.717) is 152 Å². The molecule has 0 aromatic heterocycles. The zero-order chi connectivity index (χ0) is 35.6. The maximum atomic E-state index is 11.4. The quantitative estimate of drug-likeness (QED) is 0.0523. The molecule has 0 unspecified atom stereocenters. The number of hydrogen-bond acceptors (Lipinski definition) is 13. The first-order valence-electron chi connectivity index (χ1n) is 17.6. The van der Waals surface area contributed by atoms with E-state index in [4.69, 9.17) is 57.2 Å². The maximum Gasteiger partial charge on any atom is 0.303 e. The second-order valence-corrected chi connectivity index (χ2v) is 11.5. The maximum absolute atomic E-state index is 11.4. The van der Waals surface area contributed by atoms with Crippen LogP contribution in [0.4, 0.5) is 0 Å². The Morgan fingerprint density at radius 3 is 0.980 bits per heavy atom. The van der Waals surface area contributed by atoms with E-state index in [2.05, 4.69) is 27.9 Å². The van der Waals surface area contributed by atoms with Crippen LogP contribution in [-0.4, -0.2) is 173 Å². The van der Waals surface area contributed by atoms with Crippen molar-refractivity contribution in [2.24, 2.45) is 0 Å². The van der Waals surface area contributed by atoms with Crippen molar-refractivity contribution in [3.63, 3.8) is 0 Å². The summed E-state index contributed by atoms with van der Waals surface area (Å²) in [5.41, 5.74) is 0. The molecule has 1 amide bonds. The molecule has 0 rings (SSSR count). The molecular weight excluding hydrogens is 761 g/mol. The highest BCUT2D eigenvalue weighted by Gasteiger charge is 2.04. The van der Waals surface area contributed by atoms with Crippen LogP contribution >= 0.6 is 22.6 Å². The average molecular weight is 826 g/mol. The predicted molar refractivity (Wildman–Crippen MR) is 191 cm³/mol. The third kappa shape index (κ3) is 45.2. The van der Waals surface area contributed by atoms with Gasteiger partial charge in [0.05, 0.1) is 139 Å². The van der Waals surface area contributed by atoms with Crippen molar-refractivity contribution in [2.45, 2.75) is 44.9 Å². The highest BCUT2D eigenvalue weighted by Crippen LogP contribution is 2.02. The molecule has 0 atom stereocenters. The number of unbranched alkanes of at least 4 members (excludes halogenated alkanes) is 3. The highest BCUT2D eigenvalue weighted by atomic mass is 127. The number of alkyl halides is 1. The van der Waals surface area contributed by atoms with E-state index < -0.39 is 5.97 Å². The van der Waals surface area contributed by atoms with E-state index in [1.807, 2.05) is 0 Å². The number of hydrogen-bond donors (Lipinski definition) is 2. The Hall–Kier alpha value is -0.770. The molecule has 0 saturated carbocycles. The lowest BCUT2D eigenvalue weighted by Crippen LogP contribution is -2.25. The molecule has 0 aliphatic carbocycles. The van der Waals surface area contributed by atoms with Gasteiger partial charge in [0.2, 0.25) is 5.91 Å². The van der Waals surface area contributed by atoms with Crippen LogP contribution in [0.1, 0.15) is 44.9 Å². The van der Waals surface area contributed by atoms with Crippen molar-refractivity contribution in [1.29, 1.82) is 0 Å². The first-order valence-corrected chi connectivity index (χ1v) is 19.1. The van der Waals surface area contributed by atoms with Gasteiger partial charge in [-0.05, 0) is 23.7 Å². The number of aliphatic carboxylic acids is 1. The van der Waals surface area contributed by atoms with Crippen LogP contribution in [-0.2, 0) is 61.7 Å². The van der Waals surface area contributed by atoms with E-state index >= 15 is 0 Å². The number of halogens is 1. The minimum absolute atomic E-state index is 0.00889. The molecule has 0 aromatic rings. The third-order valence-corrected chi connectivity index (χ3v) is 7.01. The molecule has 15 nitrogen and oxygen atoms in total. The molecule has 0 saturated heterocycles. The van der Waals surface area contributed by atoms with Gasteiger partial charge < -0.3 is 62.5 Å². The van der Waals surface area contributed by atoms with Gasteiger partial charge >= 0.3 is 5.97 Å². The molecule has 2 N–H and O–H groups in total. The SMILES string of the molecule is O=C(O)CCC(=O)NCCCOCCOCCOCCOCCOCCOCCOCCOCCOCCOCCOCCCCCCI. The molecule has 0 bridgehead atoms. The zero-order valence-corrected chi connectivity index (χ0v) is 31.7. The average Bonchev–Trinajstić information content (AvgIpc) is 3.10. The van der Waals surface area contributed by atoms with Gasteiger partial charge in [-0.25, -0.2) is 0 Å². The number of carbonyl (C=O) groups excluding carboxylic acids is 1. The number of carbonyl (C=O) groups is 2. The Morgan fingerprint density at radius 2 is 0.673 bits per heavy atom. The fourth-order valence-electron chi connectivity index (χ4n) is 3.66. The normalized spacial score (nSPS) is 11.4. The van der Waals surface area contributed by atoms with Gasteiger partial charge in [0.1, 0.15) is 0 Å². The van der Waals surface area contributed by atoms with E-state index in [0.717, 1.165) is 13.0 Å². The van der Waals surface area contributed by atoms with Gasteiger partial charge in [-0.2, -0.15) is 0 Å². The molecule has 0 aliphatic rings. The van der Waals surface area contributed by atoms with Crippen molar-refractivity contribution >= 4 is 34.5 Å². The summed E-state index contributed by atoms with van der Waals surface area (Å²) in [5.74, 6) is -1.25. The van der Waals surface area contributed by atoms with Gasteiger partial charge in [-0.15, -0.1) is 0 Å². The van der Waals surface area contributed by atoms with Crippen LogP contribution < -0.4 is 5.32 Å². The smallest absolute Gasteiger partial charge is 0.303 e. The molecule has 0 radical (unpaired) electrons. The summed E-state index contributed by atoms with van der Waals surface area (Å²) in [6.45, 7) is 11.9. The van der Waals surface area contributed by atoms with Gasteiger partial charge in [0.15, 0.2) is 0 Å². The minimum Gasteiger partial charge on any atom is -0.481 e. The summed E-state index contributed by atoms with van der Waals surface area (Å²) in [7, 11) is 0. The lowest BCUT2D eigenvalue weighted by molar-refractivity contribution is -0.138. The van der Waals surface area contributed by atoms with Crippen LogP contribution in [0, 0.1) is 0 Å². The van der Waals surface area contributed by atoms with Crippen molar-refractivity contribution in [3.05, 3.63) is 0 Å². The predicted octanol–water partition coefficient (Wildman–Crippen LogP) is 2.54. The van der Waals surface area contributed by atoms with Crippen LogP contribution in [0.5, 0.6) is 0 Å². The van der Waals surface area contributed by atoms with Crippen molar-refractivity contribution in [2.75, 3.05) is 156 Å². The second-order valence-electron chi connectivity index (χ2n) is 10.4. The molecule has 0 fully saturated rings. The van der Waals surface area contributed by atoms with Crippen molar-refractivity contribution < 1.29 is 66.8 Å². The number of carboxylic acid groups (broad SMARTS) is 1. The summed E-state index contributed by atoms with van der Waals surface area (Å²) >= 11 is 2.42. The Kier molecular flexibility index (Phi) is 42.7. The molecule has 0 aliphatic heterocycles. The summed E-state index contributed by atoms with van der Waals surface area (Å²) < 4.78 is 61.4. The Labute approximate surface area is 307 Å². The van der Waals surface area contributed by atoms with Gasteiger partial charge in [-0.1, -0.05) is 35.4 Å². The molecule has 16 heteroatoms. The van der Waals surface area contributed by atoms with Crippen LogP contribution in [0.25, 0.3) is 0 Å². The number of rotatable bonds is 43. The Balaban J connectivity index is 3.08. The van der Waals surface area contributed by atoms with Crippen molar-refractivity contribution in [1.82, 2.24) is 5.32 Å². The van der Waals surface area contributed by atoms with E-state index in [-0.39, 0.29) is 18.7 Å². The number of amides is 1. The lowest BCUT2D eigenvalue weighted by Gasteiger charge is -2.09. The third-order valence-electron chi connectivity index (χ3n) is 6.25. The summed E-state index contributed by atoms with van der Waals surface area (Å²) in [6.07, 6.45) is 5.43. The Bertz CT molecular complexity index is 683. The summed E-state index contributed by atoms with van der Waals surface area (Å²) in [5, 5.41) is 11.2. The largest absolute Gasteiger partial charge is 0.481 e. The molecule has 0 heterocycles. The summed E-state index contributed by atoms with van der Waals surface area (Å²) in [6, 6.07) is 0. The van der Waals surface area contributed by atoms with E-state index in [1.165, 1.54) is 23.7 Å². The van der Waals surface area contributed by atoms with Crippen LogP contribution in [0.15, 0.2) is 0 Å². The molecule has 292 valence electrons. The van der Waals surface area contributed by atoms with Crippen LogP contribution in [0.3, 0.4) is 0 Å². The highest BCUT2D eigenvalue weighted by molar-refractivity contribution is 14.1. The molecule has 0 aromatic carbocycles.